The van der Waals surface area contributed by atoms with E-state index in [9.17, 15) is 4.79 Å². The Bertz CT molecular complexity index is 960. The molecule has 6 aliphatic rings. The number of fused-ring (bicyclic) bond motifs is 2. The highest BCUT2D eigenvalue weighted by Gasteiger charge is 2.94. The zero-order valence-corrected chi connectivity index (χ0v) is 16.8. The summed E-state index contributed by atoms with van der Waals surface area (Å²) in [5.41, 5.74) is 1.80. The molecule has 1 spiro atoms. The maximum atomic E-state index is 12.4. The van der Waals surface area contributed by atoms with Gasteiger partial charge in [0.2, 0.25) is 5.79 Å². The molecule has 2 aliphatic heterocycles. The lowest BCUT2D eigenvalue weighted by Gasteiger charge is -2.87. The van der Waals surface area contributed by atoms with Gasteiger partial charge in [-0.15, -0.1) is 0 Å². The molecule has 1 saturated heterocycles. The fourth-order valence-corrected chi connectivity index (χ4v) is 7.63. The molecule has 4 saturated carbocycles. The van der Waals surface area contributed by atoms with Gasteiger partial charge < -0.3 is 18.8 Å². The molecular formula is C22H25BO5. The number of para-hydroxylation sites is 1. The van der Waals surface area contributed by atoms with Crippen LogP contribution in [0.4, 0.5) is 0 Å². The number of esters is 1. The number of cyclic esters (lactones) is 1. The summed E-state index contributed by atoms with van der Waals surface area (Å²) in [7, 11) is -0.141. The topological polar surface area (TPSA) is 54.0 Å². The zero-order valence-electron chi connectivity index (χ0n) is 16.8. The molecule has 1 aromatic carbocycles. The summed E-state index contributed by atoms with van der Waals surface area (Å²) in [6.07, 6.45) is 3.47. The number of rotatable bonds is 2. The second-order valence-electron chi connectivity index (χ2n) is 10.6. The predicted molar refractivity (Wildman–Crippen MR) is 101 cm³/mol. The van der Waals surface area contributed by atoms with Gasteiger partial charge in [0.05, 0.1) is 11.2 Å². The van der Waals surface area contributed by atoms with Gasteiger partial charge in [-0.2, -0.15) is 0 Å². The van der Waals surface area contributed by atoms with Crippen LogP contribution in [0.3, 0.4) is 0 Å². The van der Waals surface area contributed by atoms with Crippen LogP contribution in [0.2, 0.25) is 5.82 Å². The van der Waals surface area contributed by atoms with Gasteiger partial charge in [0.15, 0.2) is 0 Å². The smallest absolute Gasteiger partial charge is 0.452 e. The highest BCUT2D eigenvalue weighted by molar-refractivity contribution is 6.49. The average Bonchev–Trinajstić information content (AvgIpc) is 3.35. The first kappa shape index (κ1) is 16.3. The molecule has 5 nitrogen and oxygen atoms in total. The van der Waals surface area contributed by atoms with E-state index in [0.29, 0.717) is 34.4 Å². The summed E-state index contributed by atoms with van der Waals surface area (Å²) in [5, 5.41) is 0. The second kappa shape index (κ2) is 4.31. The van der Waals surface area contributed by atoms with E-state index in [1.54, 1.807) is 19.9 Å². The lowest BCUT2D eigenvalue weighted by Crippen LogP contribution is -2.92. The highest BCUT2D eigenvalue weighted by atomic mass is 16.7. The average molecular weight is 380 g/mol. The van der Waals surface area contributed by atoms with Gasteiger partial charge in [-0.3, -0.25) is 0 Å². The lowest BCUT2D eigenvalue weighted by atomic mass is 9.21. The van der Waals surface area contributed by atoms with Crippen molar-refractivity contribution in [2.24, 2.45) is 17.3 Å². The quantitative estimate of drug-likeness (QED) is 0.575. The zero-order chi connectivity index (χ0) is 19.3. The molecular weight excluding hydrogens is 355 g/mol. The normalized spacial score (nSPS) is 50.7. The highest BCUT2D eigenvalue weighted by Crippen LogP contribution is 2.88. The van der Waals surface area contributed by atoms with Crippen molar-refractivity contribution in [2.45, 2.75) is 75.7 Å². The van der Waals surface area contributed by atoms with Crippen LogP contribution in [-0.2, 0) is 14.0 Å². The summed E-state index contributed by atoms with van der Waals surface area (Å²) in [6.45, 7) is 8.24. The van der Waals surface area contributed by atoms with Crippen LogP contribution in [-0.4, -0.2) is 30.1 Å². The first-order valence-electron chi connectivity index (χ1n) is 10.6. The first-order valence-corrected chi connectivity index (χ1v) is 10.6. The van der Waals surface area contributed by atoms with Crippen LogP contribution in [0.25, 0.3) is 0 Å². The van der Waals surface area contributed by atoms with Crippen LogP contribution >= 0.6 is 0 Å². The van der Waals surface area contributed by atoms with Gasteiger partial charge in [-0.1, -0.05) is 19.1 Å². The Kier molecular flexibility index (Phi) is 2.51. The molecule has 146 valence electrons. The van der Waals surface area contributed by atoms with Crippen molar-refractivity contribution >= 4 is 13.1 Å². The maximum absolute atomic E-state index is 12.4. The third-order valence-electron chi connectivity index (χ3n) is 9.18. The summed E-state index contributed by atoms with van der Waals surface area (Å²) in [6, 6.07) is 5.78. The van der Waals surface area contributed by atoms with Crippen molar-refractivity contribution < 1.29 is 23.6 Å². The number of ether oxygens (including phenoxy) is 2. The Balaban J connectivity index is 1.18. The van der Waals surface area contributed by atoms with Crippen LogP contribution in [0, 0.1) is 17.3 Å². The minimum Gasteiger partial charge on any atom is -0.452 e. The fraction of sp³-hybridized carbons (Fsp3) is 0.682. The van der Waals surface area contributed by atoms with Gasteiger partial charge in [0, 0.05) is 25.1 Å². The number of carbonyl (C=O) groups is 1. The van der Waals surface area contributed by atoms with Crippen LogP contribution in [0.15, 0.2) is 18.2 Å². The Morgan fingerprint density at radius 3 is 2.61 bits per heavy atom. The van der Waals surface area contributed by atoms with E-state index < -0.39 is 5.79 Å². The van der Waals surface area contributed by atoms with Crippen molar-refractivity contribution in [1.29, 1.82) is 0 Å². The van der Waals surface area contributed by atoms with E-state index in [4.69, 9.17) is 18.8 Å². The van der Waals surface area contributed by atoms with Crippen molar-refractivity contribution in [3.63, 3.8) is 0 Å². The Labute approximate surface area is 165 Å². The second-order valence-corrected chi connectivity index (χ2v) is 10.6. The monoisotopic (exact) mass is 380 g/mol. The number of hydrogen-bond acceptors (Lipinski definition) is 5. The molecule has 0 aromatic heterocycles. The lowest BCUT2D eigenvalue weighted by molar-refractivity contribution is -0.429. The molecule has 7 atom stereocenters. The van der Waals surface area contributed by atoms with Gasteiger partial charge in [0.1, 0.15) is 11.3 Å². The molecule has 28 heavy (non-hydrogen) atoms. The van der Waals surface area contributed by atoms with Crippen LogP contribution < -0.4 is 4.74 Å². The molecule has 0 N–H and O–H groups in total. The fourth-order valence-electron chi connectivity index (χ4n) is 7.63. The summed E-state index contributed by atoms with van der Waals surface area (Å²) in [5.74, 6) is 1.56. The van der Waals surface area contributed by atoms with Crippen molar-refractivity contribution in [3.8, 4) is 5.75 Å². The van der Waals surface area contributed by atoms with E-state index in [2.05, 4.69) is 19.9 Å². The first-order chi connectivity index (χ1) is 13.2. The standard InChI is InChI=1S/C22H25BO5/c1-19(2)25-17-12(6-5-7-13(17)18(24)26-19)14-9-15(14)23-27-21(4)16-8-11-10-22(21,28-23)20(11,16)3/h5-7,11,14-16H,8-10H2,1-4H3/t11?,14?,15?,16?,20?,21-,22?/m0/s1. The van der Waals surface area contributed by atoms with E-state index in [1.165, 1.54) is 6.42 Å². The summed E-state index contributed by atoms with van der Waals surface area (Å²) >= 11 is 0. The largest absolute Gasteiger partial charge is 0.461 e. The molecule has 0 radical (unpaired) electrons. The minimum absolute atomic E-state index is 0.0518. The van der Waals surface area contributed by atoms with Gasteiger partial charge in [-0.25, -0.2) is 4.79 Å². The van der Waals surface area contributed by atoms with Gasteiger partial charge in [0.25, 0.3) is 0 Å². The van der Waals surface area contributed by atoms with Crippen LogP contribution in [0.1, 0.15) is 68.8 Å². The van der Waals surface area contributed by atoms with E-state index in [-0.39, 0.29) is 24.3 Å². The molecule has 1 aromatic rings. The van der Waals surface area contributed by atoms with Crippen molar-refractivity contribution in [1.82, 2.24) is 0 Å². The van der Waals surface area contributed by atoms with Crippen molar-refractivity contribution in [3.05, 3.63) is 29.3 Å². The van der Waals surface area contributed by atoms with Crippen molar-refractivity contribution in [2.75, 3.05) is 0 Å². The Hall–Kier alpha value is -1.53. The number of carbonyl (C=O) groups excluding carboxylic acids is 1. The van der Waals surface area contributed by atoms with Crippen LogP contribution in [0.5, 0.6) is 5.75 Å². The van der Waals surface area contributed by atoms with E-state index in [1.807, 2.05) is 6.07 Å². The number of hydrogen-bond donors (Lipinski definition) is 0. The number of benzene rings is 1. The summed E-state index contributed by atoms with van der Waals surface area (Å²) < 4.78 is 24.7. The SMILES string of the molecule is CC1(C)OC(=O)c2cccc(C3CC3B3OC45CC6CC(C64C)[C@]5(C)O3)c2O1. The van der Waals surface area contributed by atoms with E-state index >= 15 is 0 Å². The summed E-state index contributed by atoms with van der Waals surface area (Å²) in [4.78, 5) is 12.4. The molecule has 6 unspecified atom stereocenters. The van der Waals surface area contributed by atoms with E-state index in [0.717, 1.165) is 24.3 Å². The predicted octanol–water partition coefficient (Wildman–Crippen LogP) is 3.92. The third-order valence-corrected chi connectivity index (χ3v) is 9.18. The molecule has 2 heterocycles. The Morgan fingerprint density at radius 2 is 1.89 bits per heavy atom. The third kappa shape index (κ3) is 1.48. The Morgan fingerprint density at radius 1 is 1.07 bits per heavy atom. The molecule has 7 rings (SSSR count). The molecule has 4 aliphatic carbocycles. The maximum Gasteiger partial charge on any atom is 0.461 e. The molecule has 0 bridgehead atoms. The van der Waals surface area contributed by atoms with Gasteiger partial charge >= 0.3 is 13.1 Å². The molecule has 6 heteroatoms. The molecule has 5 fully saturated rings. The molecule has 0 amide bonds. The minimum atomic E-state index is -0.939. The van der Waals surface area contributed by atoms with Gasteiger partial charge in [-0.05, 0) is 55.6 Å².